The molecule has 0 unspecified atom stereocenters. The van der Waals surface area contributed by atoms with Crippen molar-refractivity contribution < 1.29 is 4.42 Å². The van der Waals surface area contributed by atoms with Crippen LogP contribution in [-0.2, 0) is 0 Å². The molecule has 0 spiro atoms. The molecule has 116 valence electrons. The van der Waals surface area contributed by atoms with Crippen LogP contribution in [0.1, 0.15) is 11.3 Å². The molecule has 4 rings (SSSR count). The Balaban J connectivity index is 1.90. The Labute approximate surface area is 133 Å². The Morgan fingerprint density at radius 2 is 1.83 bits per heavy atom. The minimum Gasteiger partial charge on any atom is -0.443 e. The van der Waals surface area contributed by atoms with E-state index in [1.807, 2.05) is 40.1 Å². The van der Waals surface area contributed by atoms with Crippen molar-refractivity contribution in [2.75, 3.05) is 19.0 Å². The Bertz CT molecular complexity index is 1010. The molecule has 0 saturated heterocycles. The minimum absolute atomic E-state index is 0.606. The average Bonchev–Trinajstić information content (AvgIpc) is 3.09. The zero-order valence-corrected chi connectivity index (χ0v) is 13.5. The highest BCUT2D eigenvalue weighted by atomic mass is 16.3. The van der Waals surface area contributed by atoms with E-state index in [2.05, 4.69) is 27.1 Å². The van der Waals surface area contributed by atoms with Crippen LogP contribution in [0.4, 0.5) is 5.69 Å². The number of nitrogens with zero attached hydrogens (tertiary/aromatic N) is 5. The Morgan fingerprint density at radius 3 is 2.52 bits per heavy atom. The lowest BCUT2D eigenvalue weighted by atomic mass is 10.2. The summed E-state index contributed by atoms with van der Waals surface area (Å²) in [5.74, 6) is 1.54. The Morgan fingerprint density at radius 1 is 1.09 bits per heavy atom. The van der Waals surface area contributed by atoms with Gasteiger partial charge in [-0.25, -0.2) is 14.5 Å². The molecule has 3 aromatic heterocycles. The molecule has 0 bridgehead atoms. The van der Waals surface area contributed by atoms with E-state index in [1.165, 1.54) is 0 Å². The van der Waals surface area contributed by atoms with Gasteiger partial charge in [-0.1, -0.05) is 0 Å². The first-order chi connectivity index (χ1) is 11.0. The van der Waals surface area contributed by atoms with Crippen molar-refractivity contribution in [1.82, 2.24) is 19.6 Å². The second kappa shape index (κ2) is 4.81. The van der Waals surface area contributed by atoms with E-state index < -0.39 is 0 Å². The molecule has 0 aliphatic rings. The van der Waals surface area contributed by atoms with E-state index in [0.717, 1.165) is 33.6 Å². The summed E-state index contributed by atoms with van der Waals surface area (Å²) < 4.78 is 7.37. The van der Waals surface area contributed by atoms with Crippen LogP contribution in [0.25, 0.3) is 28.1 Å². The number of furan rings is 1. The molecule has 0 N–H and O–H groups in total. The average molecular weight is 307 g/mol. The van der Waals surface area contributed by atoms with E-state index in [4.69, 9.17) is 9.40 Å². The number of benzene rings is 1. The monoisotopic (exact) mass is 307 g/mol. The molecule has 4 aromatic rings. The van der Waals surface area contributed by atoms with Gasteiger partial charge in [-0.2, -0.15) is 0 Å². The molecule has 0 aliphatic carbocycles. The van der Waals surface area contributed by atoms with Crippen molar-refractivity contribution in [3.8, 4) is 11.4 Å². The molecule has 6 nitrogen and oxygen atoms in total. The molecule has 23 heavy (non-hydrogen) atoms. The predicted molar refractivity (Wildman–Crippen MR) is 89.8 cm³/mol. The van der Waals surface area contributed by atoms with Crippen molar-refractivity contribution in [1.29, 1.82) is 0 Å². The number of aryl methyl sites for hydroxylation is 2. The summed E-state index contributed by atoms with van der Waals surface area (Å²) in [6, 6.07) is 8.18. The molecule has 0 atom stereocenters. The van der Waals surface area contributed by atoms with Crippen LogP contribution >= 0.6 is 0 Å². The predicted octanol–water partition coefficient (Wildman–Crippen LogP) is 3.22. The summed E-state index contributed by atoms with van der Waals surface area (Å²) in [4.78, 5) is 11.1. The van der Waals surface area contributed by atoms with Crippen molar-refractivity contribution in [2.45, 2.75) is 13.8 Å². The molecule has 3 heterocycles. The fourth-order valence-electron chi connectivity index (χ4n) is 2.68. The second-order valence-electron chi connectivity index (χ2n) is 5.85. The standard InChI is InChI=1S/C17H17N5O/c1-10-11(2)23-17-14(10)16-19-15(20-22(16)9-18-17)12-5-7-13(8-6-12)21(3)4/h5-9H,1-4H3. The van der Waals surface area contributed by atoms with Gasteiger partial charge in [0.05, 0.1) is 5.39 Å². The third kappa shape index (κ3) is 2.06. The quantitative estimate of drug-likeness (QED) is 0.569. The van der Waals surface area contributed by atoms with Crippen molar-refractivity contribution in [3.05, 3.63) is 41.9 Å². The fourth-order valence-corrected chi connectivity index (χ4v) is 2.68. The van der Waals surface area contributed by atoms with Gasteiger partial charge < -0.3 is 9.32 Å². The summed E-state index contributed by atoms with van der Waals surface area (Å²) in [6.45, 7) is 3.95. The lowest BCUT2D eigenvalue weighted by Gasteiger charge is -2.11. The van der Waals surface area contributed by atoms with Crippen molar-refractivity contribution in [3.63, 3.8) is 0 Å². The molecular formula is C17H17N5O. The van der Waals surface area contributed by atoms with E-state index in [1.54, 1.807) is 10.8 Å². The number of anilines is 1. The summed E-state index contributed by atoms with van der Waals surface area (Å²) in [5, 5.41) is 5.47. The maximum absolute atomic E-state index is 5.67. The first-order valence-electron chi connectivity index (χ1n) is 7.43. The summed E-state index contributed by atoms with van der Waals surface area (Å²) in [5.41, 5.74) is 4.55. The van der Waals surface area contributed by atoms with E-state index >= 15 is 0 Å². The lowest BCUT2D eigenvalue weighted by molar-refractivity contribution is 0.563. The molecule has 0 aliphatic heterocycles. The van der Waals surface area contributed by atoms with Gasteiger partial charge in [-0.15, -0.1) is 5.10 Å². The van der Waals surface area contributed by atoms with Gasteiger partial charge in [-0.3, -0.25) is 0 Å². The van der Waals surface area contributed by atoms with Crippen LogP contribution in [0.2, 0.25) is 0 Å². The van der Waals surface area contributed by atoms with Crippen LogP contribution in [-0.4, -0.2) is 33.7 Å². The normalized spacial score (nSPS) is 11.5. The SMILES string of the molecule is Cc1oc2ncn3nc(-c4ccc(N(C)C)cc4)nc3c2c1C. The molecule has 0 fully saturated rings. The van der Waals surface area contributed by atoms with E-state index in [-0.39, 0.29) is 0 Å². The molecule has 6 heteroatoms. The van der Waals surface area contributed by atoms with Crippen molar-refractivity contribution >= 4 is 22.4 Å². The number of rotatable bonds is 2. The van der Waals surface area contributed by atoms with E-state index in [9.17, 15) is 0 Å². The summed E-state index contributed by atoms with van der Waals surface area (Å²) in [7, 11) is 4.04. The van der Waals surface area contributed by atoms with Crippen LogP contribution in [0.5, 0.6) is 0 Å². The van der Waals surface area contributed by atoms with Crippen LogP contribution in [0, 0.1) is 13.8 Å². The third-order valence-electron chi connectivity index (χ3n) is 4.15. The van der Waals surface area contributed by atoms with Gasteiger partial charge in [-0.05, 0) is 38.1 Å². The molecule has 0 amide bonds. The number of aromatic nitrogens is 4. The lowest BCUT2D eigenvalue weighted by Crippen LogP contribution is -2.07. The first-order valence-corrected chi connectivity index (χ1v) is 7.43. The van der Waals surface area contributed by atoms with E-state index in [0.29, 0.717) is 11.5 Å². The summed E-state index contributed by atoms with van der Waals surface area (Å²) in [6.07, 6.45) is 1.64. The fraction of sp³-hybridized carbons (Fsp3) is 0.235. The number of fused-ring (bicyclic) bond motifs is 3. The minimum atomic E-state index is 0.606. The number of hydrogen-bond acceptors (Lipinski definition) is 5. The van der Waals surface area contributed by atoms with Gasteiger partial charge in [0, 0.05) is 30.9 Å². The van der Waals surface area contributed by atoms with Gasteiger partial charge in [0.2, 0.25) is 5.71 Å². The van der Waals surface area contributed by atoms with Crippen LogP contribution in [0.3, 0.4) is 0 Å². The Kier molecular flexibility index (Phi) is 2.87. The molecule has 0 radical (unpaired) electrons. The zero-order valence-electron chi connectivity index (χ0n) is 13.5. The first kappa shape index (κ1) is 13.8. The van der Waals surface area contributed by atoms with Gasteiger partial charge in [0.25, 0.3) is 0 Å². The van der Waals surface area contributed by atoms with Crippen LogP contribution < -0.4 is 4.90 Å². The topological polar surface area (TPSA) is 59.5 Å². The highest BCUT2D eigenvalue weighted by Gasteiger charge is 2.16. The molecular weight excluding hydrogens is 290 g/mol. The zero-order chi connectivity index (χ0) is 16.1. The van der Waals surface area contributed by atoms with Crippen molar-refractivity contribution in [2.24, 2.45) is 0 Å². The molecule has 0 saturated carbocycles. The summed E-state index contributed by atoms with van der Waals surface area (Å²) >= 11 is 0. The maximum Gasteiger partial charge on any atom is 0.231 e. The van der Waals surface area contributed by atoms with Gasteiger partial charge >= 0.3 is 0 Å². The highest BCUT2D eigenvalue weighted by molar-refractivity contribution is 5.92. The van der Waals surface area contributed by atoms with Gasteiger partial charge in [0.15, 0.2) is 11.5 Å². The maximum atomic E-state index is 5.67. The largest absolute Gasteiger partial charge is 0.443 e. The smallest absolute Gasteiger partial charge is 0.231 e. The van der Waals surface area contributed by atoms with Crippen LogP contribution in [0.15, 0.2) is 35.0 Å². The van der Waals surface area contributed by atoms with Gasteiger partial charge in [0.1, 0.15) is 12.1 Å². The highest BCUT2D eigenvalue weighted by Crippen LogP contribution is 2.28. The Hall–Kier alpha value is -2.89. The molecule has 1 aromatic carbocycles. The number of hydrogen-bond donors (Lipinski definition) is 0. The third-order valence-corrected chi connectivity index (χ3v) is 4.15. The second-order valence-corrected chi connectivity index (χ2v) is 5.85.